The molecule has 204 valence electrons. The maximum absolute atomic E-state index is 13.5. The number of imide groups is 1. The van der Waals surface area contributed by atoms with Crippen LogP contribution in [0, 0.1) is 0 Å². The molecule has 0 spiro atoms. The number of carbonyl (C=O) groups excluding carboxylic acids is 3. The predicted molar refractivity (Wildman–Crippen MR) is 140 cm³/mol. The highest BCUT2D eigenvalue weighted by atomic mass is 35.5. The molecule has 1 aromatic heterocycles. The summed E-state index contributed by atoms with van der Waals surface area (Å²) in [7, 11) is 1.23. The summed E-state index contributed by atoms with van der Waals surface area (Å²) >= 11 is 6.53. The standard InChI is InChI=1S/C26H22ClF3N4O4S/c1-38-23(36)25(6-8-31-9-7-25)34-22(35)21(39-24(34)37)11-15-2-5-20-17(10-15)13-32-33(20)14-16-3-4-18(27)12-19(16)26(28,29)30/h2-5,10-13,31H,6-9,14H2,1H3/b21-11-. The van der Waals surface area contributed by atoms with E-state index in [0.29, 0.717) is 29.6 Å². The summed E-state index contributed by atoms with van der Waals surface area (Å²) in [6.45, 7) is 0.784. The first-order valence-electron chi connectivity index (χ1n) is 11.9. The lowest BCUT2D eigenvalue weighted by Gasteiger charge is -2.40. The van der Waals surface area contributed by atoms with Gasteiger partial charge in [0.1, 0.15) is 0 Å². The maximum atomic E-state index is 13.5. The van der Waals surface area contributed by atoms with Crippen molar-refractivity contribution in [2.24, 2.45) is 0 Å². The molecule has 2 fully saturated rings. The molecule has 0 bridgehead atoms. The summed E-state index contributed by atoms with van der Waals surface area (Å²) in [6, 6.07) is 8.71. The van der Waals surface area contributed by atoms with Gasteiger partial charge in [0, 0.05) is 10.4 Å². The third-order valence-electron chi connectivity index (χ3n) is 6.88. The lowest BCUT2D eigenvalue weighted by molar-refractivity contribution is -0.158. The van der Waals surface area contributed by atoms with Crippen molar-refractivity contribution in [3.63, 3.8) is 0 Å². The number of benzene rings is 2. The van der Waals surface area contributed by atoms with Gasteiger partial charge in [-0.3, -0.25) is 19.2 Å². The Bertz CT molecular complexity index is 1510. The van der Waals surface area contributed by atoms with Crippen molar-refractivity contribution in [1.29, 1.82) is 0 Å². The lowest BCUT2D eigenvalue weighted by atomic mass is 9.86. The lowest BCUT2D eigenvalue weighted by Crippen LogP contribution is -2.61. The molecule has 2 aliphatic rings. The maximum Gasteiger partial charge on any atom is 0.416 e. The Morgan fingerprint density at radius 1 is 1.21 bits per heavy atom. The summed E-state index contributed by atoms with van der Waals surface area (Å²) in [5.41, 5.74) is -0.995. The average molecular weight is 579 g/mol. The second kappa shape index (κ2) is 10.3. The first-order valence-corrected chi connectivity index (χ1v) is 13.1. The van der Waals surface area contributed by atoms with Gasteiger partial charge in [-0.25, -0.2) is 4.79 Å². The quantitative estimate of drug-likeness (QED) is 0.333. The van der Waals surface area contributed by atoms with E-state index in [-0.39, 0.29) is 34.9 Å². The Morgan fingerprint density at radius 2 is 1.95 bits per heavy atom. The number of aromatic nitrogens is 2. The van der Waals surface area contributed by atoms with Gasteiger partial charge in [-0.05, 0) is 79.2 Å². The number of hydrogen-bond donors (Lipinski definition) is 1. The van der Waals surface area contributed by atoms with Crippen molar-refractivity contribution in [1.82, 2.24) is 20.0 Å². The molecule has 0 atom stereocenters. The number of piperidine rings is 1. The van der Waals surface area contributed by atoms with Gasteiger partial charge in [-0.2, -0.15) is 18.3 Å². The zero-order chi connectivity index (χ0) is 27.9. The molecule has 2 saturated heterocycles. The number of hydrogen-bond acceptors (Lipinski definition) is 7. The number of ether oxygens (including phenoxy) is 1. The number of esters is 1. The molecule has 0 aliphatic carbocycles. The van der Waals surface area contributed by atoms with Crippen LogP contribution in [0.4, 0.5) is 18.0 Å². The van der Waals surface area contributed by atoms with Crippen LogP contribution < -0.4 is 5.32 Å². The highest BCUT2D eigenvalue weighted by Crippen LogP contribution is 2.41. The fraction of sp³-hybridized carbons (Fsp3) is 0.308. The molecule has 13 heteroatoms. The molecular weight excluding hydrogens is 557 g/mol. The van der Waals surface area contributed by atoms with Crippen LogP contribution in [-0.2, 0) is 27.0 Å². The summed E-state index contributed by atoms with van der Waals surface area (Å²) in [4.78, 5) is 40.1. The molecule has 2 aromatic carbocycles. The SMILES string of the molecule is COC(=O)C1(N2C(=O)S/C(=C\c3ccc4c(cnn4Cc4ccc(Cl)cc4C(F)(F)F)c3)C2=O)CCNCC1. The van der Waals surface area contributed by atoms with Crippen LogP contribution in [0.2, 0.25) is 5.02 Å². The fourth-order valence-electron chi connectivity index (χ4n) is 4.97. The van der Waals surface area contributed by atoms with Crippen LogP contribution in [-0.4, -0.2) is 57.5 Å². The monoisotopic (exact) mass is 578 g/mol. The van der Waals surface area contributed by atoms with Crippen molar-refractivity contribution in [2.75, 3.05) is 20.2 Å². The van der Waals surface area contributed by atoms with E-state index >= 15 is 0 Å². The number of amides is 2. The van der Waals surface area contributed by atoms with Crippen molar-refractivity contribution >= 4 is 57.5 Å². The minimum atomic E-state index is -4.57. The van der Waals surface area contributed by atoms with Crippen LogP contribution in [0.15, 0.2) is 47.5 Å². The number of carbonyl (C=O) groups is 3. The number of rotatable bonds is 5. The van der Waals surface area contributed by atoms with Crippen LogP contribution in [0.5, 0.6) is 0 Å². The third kappa shape index (κ3) is 5.04. The van der Waals surface area contributed by atoms with Crippen molar-refractivity contribution in [2.45, 2.75) is 31.1 Å². The van der Waals surface area contributed by atoms with E-state index in [2.05, 4.69) is 10.4 Å². The molecular formula is C26H22ClF3N4O4S. The number of fused-ring (bicyclic) bond motifs is 1. The topological polar surface area (TPSA) is 93.5 Å². The minimum absolute atomic E-state index is 0.0110. The van der Waals surface area contributed by atoms with Crippen LogP contribution >= 0.6 is 23.4 Å². The Kier molecular flexibility index (Phi) is 7.21. The summed E-state index contributed by atoms with van der Waals surface area (Å²) in [5.74, 6) is -1.20. The smallest absolute Gasteiger partial charge is 0.416 e. The zero-order valence-electron chi connectivity index (χ0n) is 20.5. The van der Waals surface area contributed by atoms with Crippen molar-refractivity contribution in [3.8, 4) is 0 Å². The van der Waals surface area contributed by atoms with Crippen LogP contribution in [0.1, 0.15) is 29.5 Å². The molecule has 5 rings (SSSR count). The summed E-state index contributed by atoms with van der Waals surface area (Å²) in [6.07, 6.45) is -1.00. The van der Waals surface area contributed by atoms with E-state index in [1.54, 1.807) is 24.3 Å². The summed E-state index contributed by atoms with van der Waals surface area (Å²) in [5, 5.41) is 7.45. The number of nitrogens with one attached hydrogen (secondary N) is 1. The second-order valence-electron chi connectivity index (χ2n) is 9.21. The van der Waals surface area contributed by atoms with E-state index in [4.69, 9.17) is 16.3 Å². The molecule has 0 unspecified atom stereocenters. The molecule has 3 aromatic rings. The first kappa shape index (κ1) is 27.2. The Labute approximate surface area is 230 Å². The van der Waals surface area contributed by atoms with Gasteiger partial charge in [-0.15, -0.1) is 0 Å². The number of halogens is 4. The molecule has 3 heterocycles. The molecule has 1 N–H and O–H groups in total. The number of methoxy groups -OCH3 is 1. The highest BCUT2D eigenvalue weighted by Gasteiger charge is 2.55. The van der Waals surface area contributed by atoms with Crippen molar-refractivity contribution < 1.29 is 32.3 Å². The molecule has 0 radical (unpaired) electrons. The Hall–Kier alpha value is -3.35. The van der Waals surface area contributed by atoms with Gasteiger partial charge in [0.15, 0.2) is 5.54 Å². The van der Waals surface area contributed by atoms with Gasteiger partial charge >= 0.3 is 12.1 Å². The molecule has 8 nitrogen and oxygen atoms in total. The zero-order valence-corrected chi connectivity index (χ0v) is 22.1. The second-order valence-corrected chi connectivity index (χ2v) is 10.6. The van der Waals surface area contributed by atoms with E-state index in [1.807, 2.05) is 0 Å². The number of nitrogens with zero attached hydrogens (tertiary/aromatic N) is 3. The van der Waals surface area contributed by atoms with Gasteiger partial charge in [-0.1, -0.05) is 23.7 Å². The third-order valence-corrected chi connectivity index (χ3v) is 7.98. The van der Waals surface area contributed by atoms with Gasteiger partial charge < -0.3 is 10.1 Å². The van der Waals surface area contributed by atoms with Crippen molar-refractivity contribution in [3.05, 3.63) is 69.2 Å². The average Bonchev–Trinajstić information content (AvgIpc) is 3.43. The Morgan fingerprint density at radius 3 is 2.64 bits per heavy atom. The normalized spacial score (nSPS) is 18.8. The first-order chi connectivity index (χ1) is 18.5. The minimum Gasteiger partial charge on any atom is -0.467 e. The van der Waals surface area contributed by atoms with Crippen LogP contribution in [0.3, 0.4) is 0 Å². The fourth-order valence-corrected chi connectivity index (χ4v) is 6.05. The van der Waals surface area contributed by atoms with Gasteiger partial charge in [0.25, 0.3) is 11.1 Å². The molecule has 39 heavy (non-hydrogen) atoms. The van der Waals surface area contributed by atoms with Gasteiger partial charge in [0.2, 0.25) is 0 Å². The molecule has 0 saturated carbocycles. The van der Waals surface area contributed by atoms with Crippen LogP contribution in [0.25, 0.3) is 17.0 Å². The van der Waals surface area contributed by atoms with Gasteiger partial charge in [0.05, 0.1) is 35.8 Å². The van der Waals surface area contributed by atoms with E-state index in [1.165, 1.54) is 30.1 Å². The molecule has 2 amide bonds. The van der Waals surface area contributed by atoms with E-state index < -0.39 is 34.4 Å². The Balaban J connectivity index is 1.43. The van der Waals surface area contributed by atoms with E-state index in [9.17, 15) is 27.6 Å². The largest absolute Gasteiger partial charge is 0.467 e. The molecule has 2 aliphatic heterocycles. The summed E-state index contributed by atoms with van der Waals surface area (Å²) < 4.78 is 47.0. The number of alkyl halides is 3. The van der Waals surface area contributed by atoms with E-state index in [0.717, 1.165) is 22.7 Å². The highest BCUT2D eigenvalue weighted by molar-refractivity contribution is 8.18. The predicted octanol–water partition coefficient (Wildman–Crippen LogP) is 5.09. The number of thioether (sulfide) groups is 1.